The molecular weight excluding hydrogens is 288 g/mol. The predicted molar refractivity (Wildman–Crippen MR) is 92.9 cm³/mol. The molecule has 1 amide bonds. The highest BCUT2D eigenvalue weighted by molar-refractivity contribution is 5.67. The van der Waals surface area contributed by atoms with Gasteiger partial charge < -0.3 is 15.8 Å². The number of hydrogen-bond donors (Lipinski definition) is 2. The van der Waals surface area contributed by atoms with Gasteiger partial charge in [0.15, 0.2) is 0 Å². The highest BCUT2D eigenvalue weighted by Crippen LogP contribution is 2.07. The van der Waals surface area contributed by atoms with E-state index in [0.29, 0.717) is 13.1 Å². The largest absolute Gasteiger partial charge is 0.445 e. The zero-order valence-electron chi connectivity index (χ0n) is 13.1. The van der Waals surface area contributed by atoms with E-state index in [0.717, 1.165) is 17.5 Å². The normalized spacial score (nSPS) is 10.7. The Morgan fingerprint density at radius 3 is 2.65 bits per heavy atom. The van der Waals surface area contributed by atoms with Crippen LogP contribution in [0.2, 0.25) is 0 Å². The molecule has 0 radical (unpaired) electrons. The minimum atomic E-state index is -0.421. The quantitative estimate of drug-likeness (QED) is 0.826. The fourth-order valence-corrected chi connectivity index (χ4v) is 2.13. The maximum atomic E-state index is 11.6. The van der Waals surface area contributed by atoms with Crippen molar-refractivity contribution < 1.29 is 9.53 Å². The molecule has 120 valence electrons. The van der Waals surface area contributed by atoms with Crippen molar-refractivity contribution in [2.24, 2.45) is 5.73 Å². The standard InChI is InChI=1S/C19H22N2O2/c20-12-11-17-9-4-8-16(14-17)10-5-13-21-19(22)23-15-18-6-2-1-3-7-18/h1-10,14H,11-13,15,20H2,(H,21,22). The summed E-state index contributed by atoms with van der Waals surface area (Å²) in [6.45, 7) is 1.34. The van der Waals surface area contributed by atoms with Crippen molar-refractivity contribution in [3.63, 3.8) is 0 Å². The van der Waals surface area contributed by atoms with Gasteiger partial charge >= 0.3 is 6.09 Å². The second-order valence-electron chi connectivity index (χ2n) is 5.13. The molecule has 0 saturated carbocycles. The molecule has 0 aliphatic rings. The fraction of sp³-hybridized carbons (Fsp3) is 0.211. The summed E-state index contributed by atoms with van der Waals surface area (Å²) in [4.78, 5) is 11.6. The van der Waals surface area contributed by atoms with E-state index in [2.05, 4.69) is 17.4 Å². The number of nitrogens with one attached hydrogen (secondary N) is 1. The van der Waals surface area contributed by atoms with Crippen LogP contribution in [0, 0.1) is 0 Å². The Morgan fingerprint density at radius 1 is 1.09 bits per heavy atom. The first-order chi connectivity index (χ1) is 11.3. The predicted octanol–water partition coefficient (Wildman–Crippen LogP) is 3.13. The smallest absolute Gasteiger partial charge is 0.407 e. The van der Waals surface area contributed by atoms with Crippen LogP contribution in [0.3, 0.4) is 0 Å². The lowest BCUT2D eigenvalue weighted by Gasteiger charge is -2.05. The molecule has 0 saturated heterocycles. The molecule has 4 heteroatoms. The average Bonchev–Trinajstić information content (AvgIpc) is 2.58. The van der Waals surface area contributed by atoms with Crippen LogP contribution in [0.4, 0.5) is 4.79 Å². The van der Waals surface area contributed by atoms with Crippen molar-refractivity contribution in [1.29, 1.82) is 0 Å². The van der Waals surface area contributed by atoms with Gasteiger partial charge in [0.1, 0.15) is 6.61 Å². The number of carbonyl (C=O) groups excluding carboxylic acids is 1. The summed E-state index contributed by atoms with van der Waals surface area (Å²) in [6.07, 6.45) is 4.31. The molecule has 0 atom stereocenters. The third-order valence-electron chi connectivity index (χ3n) is 3.27. The van der Waals surface area contributed by atoms with E-state index in [1.54, 1.807) is 0 Å². The minimum absolute atomic E-state index is 0.275. The number of hydrogen-bond acceptors (Lipinski definition) is 3. The summed E-state index contributed by atoms with van der Waals surface area (Å²) in [5, 5.41) is 2.69. The second-order valence-corrected chi connectivity index (χ2v) is 5.13. The molecule has 0 aliphatic heterocycles. The van der Waals surface area contributed by atoms with E-state index < -0.39 is 6.09 Å². The summed E-state index contributed by atoms with van der Waals surface area (Å²) in [5.74, 6) is 0. The number of nitrogens with two attached hydrogens (primary N) is 1. The van der Waals surface area contributed by atoms with Crippen LogP contribution in [0.5, 0.6) is 0 Å². The SMILES string of the molecule is NCCc1cccc(C=CCNC(=O)OCc2ccccc2)c1. The van der Waals surface area contributed by atoms with Gasteiger partial charge in [-0.05, 0) is 29.7 Å². The molecule has 0 fully saturated rings. The van der Waals surface area contributed by atoms with Gasteiger partial charge in [-0.1, -0.05) is 66.7 Å². The van der Waals surface area contributed by atoms with E-state index in [1.807, 2.05) is 54.6 Å². The molecule has 0 bridgehead atoms. The first-order valence-electron chi connectivity index (χ1n) is 7.68. The average molecular weight is 310 g/mol. The topological polar surface area (TPSA) is 64.3 Å². The van der Waals surface area contributed by atoms with Gasteiger partial charge in [-0.2, -0.15) is 0 Å². The Morgan fingerprint density at radius 2 is 1.87 bits per heavy atom. The van der Waals surface area contributed by atoms with E-state index in [-0.39, 0.29) is 6.61 Å². The third-order valence-corrected chi connectivity index (χ3v) is 3.27. The van der Waals surface area contributed by atoms with Gasteiger partial charge in [0, 0.05) is 6.54 Å². The van der Waals surface area contributed by atoms with E-state index in [9.17, 15) is 4.79 Å². The maximum absolute atomic E-state index is 11.6. The molecule has 2 aromatic rings. The molecule has 4 nitrogen and oxygen atoms in total. The second kappa shape index (κ2) is 9.43. The van der Waals surface area contributed by atoms with Crippen molar-refractivity contribution in [3.05, 3.63) is 77.4 Å². The third kappa shape index (κ3) is 6.36. The van der Waals surface area contributed by atoms with E-state index >= 15 is 0 Å². The van der Waals surface area contributed by atoms with Crippen molar-refractivity contribution >= 4 is 12.2 Å². The molecule has 23 heavy (non-hydrogen) atoms. The molecule has 3 N–H and O–H groups in total. The van der Waals surface area contributed by atoms with Gasteiger partial charge in [0.05, 0.1) is 0 Å². The Hall–Kier alpha value is -2.59. The number of carbonyl (C=O) groups is 1. The molecule has 0 unspecified atom stereocenters. The summed E-state index contributed by atoms with van der Waals surface area (Å²) in [5.41, 5.74) is 8.83. The molecule has 0 aliphatic carbocycles. The number of amides is 1. The van der Waals surface area contributed by atoms with E-state index in [4.69, 9.17) is 10.5 Å². The van der Waals surface area contributed by atoms with E-state index in [1.165, 1.54) is 5.56 Å². The van der Waals surface area contributed by atoms with Crippen molar-refractivity contribution in [2.75, 3.05) is 13.1 Å². The summed E-state index contributed by atoms with van der Waals surface area (Å²) >= 11 is 0. The van der Waals surface area contributed by atoms with Gasteiger partial charge in [0.2, 0.25) is 0 Å². The van der Waals surface area contributed by atoms with Crippen LogP contribution in [-0.2, 0) is 17.8 Å². The fourth-order valence-electron chi connectivity index (χ4n) is 2.13. The highest BCUT2D eigenvalue weighted by atomic mass is 16.5. The maximum Gasteiger partial charge on any atom is 0.407 e. The number of ether oxygens (including phenoxy) is 1. The van der Waals surface area contributed by atoms with Crippen LogP contribution in [0.1, 0.15) is 16.7 Å². The molecule has 2 rings (SSSR count). The summed E-state index contributed by atoms with van der Waals surface area (Å²) in [7, 11) is 0. The zero-order chi connectivity index (χ0) is 16.3. The summed E-state index contributed by atoms with van der Waals surface area (Å²) in [6, 6.07) is 17.8. The summed E-state index contributed by atoms with van der Waals surface area (Å²) < 4.78 is 5.13. The first-order valence-corrected chi connectivity index (χ1v) is 7.68. The highest BCUT2D eigenvalue weighted by Gasteiger charge is 2.00. The van der Waals surface area contributed by atoms with Crippen molar-refractivity contribution in [2.45, 2.75) is 13.0 Å². The van der Waals surface area contributed by atoms with Gasteiger partial charge in [-0.25, -0.2) is 4.79 Å². The van der Waals surface area contributed by atoms with Crippen LogP contribution < -0.4 is 11.1 Å². The Bertz CT molecular complexity index is 639. The molecule has 2 aromatic carbocycles. The minimum Gasteiger partial charge on any atom is -0.445 e. The molecule has 0 aromatic heterocycles. The van der Waals surface area contributed by atoms with Gasteiger partial charge in [-0.3, -0.25) is 0 Å². The first kappa shape index (κ1) is 16.8. The Kier molecular flexibility index (Phi) is 6.88. The van der Waals surface area contributed by atoms with Crippen LogP contribution >= 0.6 is 0 Å². The van der Waals surface area contributed by atoms with Gasteiger partial charge in [-0.15, -0.1) is 0 Å². The van der Waals surface area contributed by atoms with Crippen LogP contribution in [0.15, 0.2) is 60.7 Å². The molecule has 0 heterocycles. The van der Waals surface area contributed by atoms with Gasteiger partial charge in [0.25, 0.3) is 0 Å². The van der Waals surface area contributed by atoms with Crippen molar-refractivity contribution in [1.82, 2.24) is 5.32 Å². The number of rotatable bonds is 7. The van der Waals surface area contributed by atoms with Crippen LogP contribution in [-0.4, -0.2) is 19.2 Å². The Balaban J connectivity index is 1.71. The number of benzene rings is 2. The molecular formula is C19H22N2O2. The zero-order valence-corrected chi connectivity index (χ0v) is 13.1. The lowest BCUT2D eigenvalue weighted by Crippen LogP contribution is -2.24. The monoisotopic (exact) mass is 310 g/mol. The number of alkyl carbamates (subject to hydrolysis) is 1. The Labute approximate surface area is 137 Å². The molecule has 0 spiro atoms. The van der Waals surface area contributed by atoms with Crippen molar-refractivity contribution in [3.8, 4) is 0 Å². The lowest BCUT2D eigenvalue weighted by atomic mass is 10.1. The lowest BCUT2D eigenvalue weighted by molar-refractivity contribution is 0.141. The van der Waals surface area contributed by atoms with Crippen LogP contribution in [0.25, 0.3) is 6.08 Å².